The standard InChI is InChI=1S/C20H16Br2F2O5.H3O4P/c21-13-7-11(1-3-15(13)23)9-27-18-17(5-6-25)29-20(26)19(18)28-10-12-2-4-16(24)14(22)8-12;1-5(2,3)4/h1-4,7-8,17,25H,5-6,9-10H2;(H3,1,2,3,4). The van der Waals surface area contributed by atoms with Crippen molar-refractivity contribution in [3.8, 4) is 0 Å². The normalized spacial score (nSPS) is 15.5. The highest BCUT2D eigenvalue weighted by Gasteiger charge is 2.37. The van der Waals surface area contributed by atoms with Gasteiger partial charge in [0.05, 0.1) is 8.95 Å². The molecule has 0 fully saturated rings. The van der Waals surface area contributed by atoms with Crippen LogP contribution in [0.1, 0.15) is 17.5 Å². The Labute approximate surface area is 209 Å². The minimum atomic E-state index is -4.64. The first-order valence-corrected chi connectivity index (χ1v) is 12.5. The van der Waals surface area contributed by atoms with Gasteiger partial charge >= 0.3 is 13.8 Å². The summed E-state index contributed by atoms with van der Waals surface area (Å²) in [5.74, 6) is -1.47. The first kappa shape index (κ1) is 28.4. The fourth-order valence-electron chi connectivity index (χ4n) is 2.65. The van der Waals surface area contributed by atoms with E-state index in [9.17, 15) is 18.7 Å². The number of carbonyl (C=O) groups is 1. The van der Waals surface area contributed by atoms with Crippen LogP contribution in [0.4, 0.5) is 8.78 Å². The van der Waals surface area contributed by atoms with Crippen LogP contribution in [-0.4, -0.2) is 38.5 Å². The minimum Gasteiger partial charge on any atom is -0.485 e. The molecule has 3 rings (SSSR count). The summed E-state index contributed by atoms with van der Waals surface area (Å²) in [5.41, 5.74) is 1.29. The average molecular weight is 632 g/mol. The van der Waals surface area contributed by atoms with E-state index in [1.807, 2.05) is 0 Å². The molecule has 0 aliphatic carbocycles. The van der Waals surface area contributed by atoms with E-state index in [2.05, 4.69) is 31.9 Å². The molecule has 1 aliphatic heterocycles. The SMILES string of the molecule is O=C1OC(CCO)C(OCc2ccc(F)c(Br)c2)=C1OCc1ccc(F)c(Br)c1.O=P(O)(O)O. The van der Waals surface area contributed by atoms with Gasteiger partial charge in [0.1, 0.15) is 24.8 Å². The molecule has 1 aliphatic rings. The molecule has 14 heteroatoms. The second kappa shape index (κ2) is 12.7. The lowest BCUT2D eigenvalue weighted by molar-refractivity contribution is -0.143. The lowest BCUT2D eigenvalue weighted by atomic mass is 10.2. The summed E-state index contributed by atoms with van der Waals surface area (Å²) in [6.45, 7) is -0.184. The Morgan fingerprint density at radius 3 is 1.85 bits per heavy atom. The Bertz CT molecular complexity index is 1100. The lowest BCUT2D eigenvalue weighted by Crippen LogP contribution is -2.15. The van der Waals surface area contributed by atoms with Crippen molar-refractivity contribution in [3.63, 3.8) is 0 Å². The van der Waals surface area contributed by atoms with Crippen LogP contribution in [0.2, 0.25) is 0 Å². The number of ether oxygens (including phenoxy) is 3. The van der Waals surface area contributed by atoms with E-state index in [-0.39, 0.29) is 46.7 Å². The van der Waals surface area contributed by atoms with Gasteiger partial charge in [0, 0.05) is 13.0 Å². The van der Waals surface area contributed by atoms with Crippen molar-refractivity contribution >= 4 is 45.7 Å². The molecule has 0 spiro atoms. The summed E-state index contributed by atoms with van der Waals surface area (Å²) in [7, 11) is -4.64. The largest absolute Gasteiger partial charge is 0.485 e. The average Bonchev–Trinajstić information content (AvgIpc) is 3.03. The number of benzene rings is 2. The van der Waals surface area contributed by atoms with Crippen molar-refractivity contribution in [2.24, 2.45) is 0 Å². The van der Waals surface area contributed by atoms with Crippen molar-refractivity contribution in [2.75, 3.05) is 6.61 Å². The molecule has 1 atom stereocenters. The maximum absolute atomic E-state index is 13.4. The zero-order chi connectivity index (χ0) is 25.5. The van der Waals surface area contributed by atoms with Gasteiger partial charge in [0.2, 0.25) is 5.76 Å². The van der Waals surface area contributed by atoms with Crippen LogP contribution in [0.25, 0.3) is 0 Å². The number of aliphatic hydroxyl groups is 1. The Balaban J connectivity index is 0.000000739. The van der Waals surface area contributed by atoms with E-state index in [1.54, 1.807) is 12.1 Å². The van der Waals surface area contributed by atoms with Crippen molar-refractivity contribution in [2.45, 2.75) is 25.7 Å². The lowest BCUT2D eigenvalue weighted by Gasteiger charge is -2.14. The molecule has 9 nitrogen and oxygen atoms in total. The van der Waals surface area contributed by atoms with Gasteiger partial charge in [0.15, 0.2) is 11.9 Å². The summed E-state index contributed by atoms with van der Waals surface area (Å²) in [5, 5.41) is 9.23. The van der Waals surface area contributed by atoms with Gasteiger partial charge in [-0.2, -0.15) is 0 Å². The quantitative estimate of drug-likeness (QED) is 0.253. The maximum atomic E-state index is 13.4. The van der Waals surface area contributed by atoms with E-state index in [0.717, 1.165) is 0 Å². The maximum Gasteiger partial charge on any atom is 0.466 e. The van der Waals surface area contributed by atoms with Gasteiger partial charge in [-0.15, -0.1) is 0 Å². The third kappa shape index (κ3) is 9.06. The number of hydrogen-bond acceptors (Lipinski definition) is 6. The smallest absolute Gasteiger partial charge is 0.466 e. The molecule has 1 heterocycles. The number of phosphoric acid groups is 1. The molecule has 0 aromatic heterocycles. The predicted molar refractivity (Wildman–Crippen MR) is 121 cm³/mol. The van der Waals surface area contributed by atoms with Gasteiger partial charge in [0.25, 0.3) is 0 Å². The fraction of sp³-hybridized carbons (Fsp3) is 0.250. The fourth-order valence-corrected chi connectivity index (χ4v) is 3.51. The molecule has 2 aromatic carbocycles. The van der Waals surface area contributed by atoms with E-state index < -0.39 is 31.5 Å². The molecular weight excluding hydrogens is 613 g/mol. The molecular formula is C20H19Br2F2O9P. The second-order valence-electron chi connectivity index (χ2n) is 6.69. The number of carbonyl (C=O) groups excluding carboxylic acids is 1. The van der Waals surface area contributed by atoms with Crippen molar-refractivity contribution in [3.05, 3.63) is 79.6 Å². The summed E-state index contributed by atoms with van der Waals surface area (Å²) >= 11 is 6.21. The Morgan fingerprint density at radius 2 is 1.41 bits per heavy atom. The van der Waals surface area contributed by atoms with Gasteiger partial charge < -0.3 is 34.0 Å². The third-order valence-corrected chi connectivity index (χ3v) is 5.30. The zero-order valence-corrected chi connectivity index (χ0v) is 21.2. The van der Waals surface area contributed by atoms with Gasteiger partial charge in [-0.05, 0) is 67.3 Å². The van der Waals surface area contributed by atoms with E-state index in [0.29, 0.717) is 11.1 Å². The monoisotopic (exact) mass is 630 g/mol. The Hall–Kier alpha value is -1.86. The first-order chi connectivity index (χ1) is 15.9. The van der Waals surface area contributed by atoms with Gasteiger partial charge in [-0.25, -0.2) is 18.1 Å². The molecule has 0 saturated heterocycles. The van der Waals surface area contributed by atoms with Gasteiger partial charge in [-0.1, -0.05) is 12.1 Å². The number of halogens is 4. The molecule has 34 heavy (non-hydrogen) atoms. The number of aliphatic hydroxyl groups excluding tert-OH is 1. The predicted octanol–water partition coefficient (Wildman–Crippen LogP) is 3.81. The number of cyclic esters (lactones) is 1. The van der Waals surface area contributed by atoms with Crippen LogP contribution >= 0.6 is 39.7 Å². The van der Waals surface area contributed by atoms with Crippen molar-refractivity contribution < 1.29 is 52.1 Å². The second-order valence-corrected chi connectivity index (χ2v) is 9.42. The molecule has 4 N–H and O–H groups in total. The van der Waals surface area contributed by atoms with Crippen LogP contribution in [0, 0.1) is 11.6 Å². The summed E-state index contributed by atoms with van der Waals surface area (Å²) in [6.07, 6.45) is -0.644. The van der Waals surface area contributed by atoms with E-state index >= 15 is 0 Å². The Morgan fingerprint density at radius 1 is 0.941 bits per heavy atom. The van der Waals surface area contributed by atoms with Crippen molar-refractivity contribution in [1.29, 1.82) is 0 Å². The molecule has 0 saturated carbocycles. The minimum absolute atomic E-state index is 0.00981. The summed E-state index contributed by atoms with van der Waals surface area (Å²) < 4.78 is 52.8. The van der Waals surface area contributed by atoms with Crippen molar-refractivity contribution in [1.82, 2.24) is 0 Å². The molecule has 186 valence electrons. The molecule has 0 radical (unpaired) electrons. The highest BCUT2D eigenvalue weighted by atomic mass is 79.9. The summed E-state index contributed by atoms with van der Waals surface area (Å²) in [4.78, 5) is 33.8. The zero-order valence-electron chi connectivity index (χ0n) is 17.2. The van der Waals surface area contributed by atoms with Crippen LogP contribution in [-0.2, 0) is 36.8 Å². The van der Waals surface area contributed by atoms with Crippen LogP contribution in [0.3, 0.4) is 0 Å². The van der Waals surface area contributed by atoms with Crippen LogP contribution in [0.15, 0.2) is 56.9 Å². The van der Waals surface area contributed by atoms with Crippen LogP contribution < -0.4 is 0 Å². The number of rotatable bonds is 8. The molecule has 1 unspecified atom stereocenters. The number of esters is 1. The van der Waals surface area contributed by atoms with Crippen LogP contribution in [0.5, 0.6) is 0 Å². The van der Waals surface area contributed by atoms with E-state index in [4.69, 9.17) is 33.5 Å². The summed E-state index contributed by atoms with van der Waals surface area (Å²) in [6, 6.07) is 8.76. The topological polar surface area (TPSA) is 143 Å². The molecule has 0 bridgehead atoms. The van der Waals surface area contributed by atoms with Gasteiger partial charge in [-0.3, -0.25) is 0 Å². The van der Waals surface area contributed by atoms with E-state index in [1.165, 1.54) is 24.3 Å². The highest BCUT2D eigenvalue weighted by molar-refractivity contribution is 9.10. The highest BCUT2D eigenvalue weighted by Crippen LogP contribution is 2.30. The molecule has 2 aromatic rings. The number of hydrogen-bond donors (Lipinski definition) is 4. The molecule has 0 amide bonds. The Kier molecular flexibility index (Phi) is 10.6. The third-order valence-electron chi connectivity index (χ3n) is 4.09. The first-order valence-electron chi connectivity index (χ1n) is 9.36.